The van der Waals surface area contributed by atoms with E-state index in [0.717, 1.165) is 45.8 Å². The Balaban J connectivity index is 1.33. The summed E-state index contributed by atoms with van der Waals surface area (Å²) in [6, 6.07) is 12.5. The van der Waals surface area contributed by atoms with Gasteiger partial charge in [-0.05, 0) is 24.8 Å². The first kappa shape index (κ1) is 14.6. The van der Waals surface area contributed by atoms with Crippen LogP contribution in [0.5, 0.6) is 0 Å². The summed E-state index contributed by atoms with van der Waals surface area (Å²) < 4.78 is 11.6. The maximum absolute atomic E-state index is 6.13. The molecule has 0 amide bonds. The molecule has 22 heavy (non-hydrogen) atoms. The van der Waals surface area contributed by atoms with Crippen LogP contribution in [0.2, 0.25) is 0 Å². The first-order valence-corrected chi connectivity index (χ1v) is 8.63. The number of morpholine rings is 1. The smallest absolute Gasteiger partial charge is 0.0952 e. The van der Waals surface area contributed by atoms with Crippen molar-refractivity contribution < 1.29 is 9.47 Å². The van der Waals surface area contributed by atoms with Crippen LogP contribution in [0.1, 0.15) is 30.9 Å². The van der Waals surface area contributed by atoms with Crippen molar-refractivity contribution in [2.75, 3.05) is 32.9 Å². The standard InChI is InChI=1S/C18H26N2O2/c1-2-4-14(5-3-1)18-12-20-11-16(10-17(20)13-22-18)19-15-6-8-21-9-7-15/h1-5,15-19H,6-13H2/t16-,17-,18+/m0/s1. The van der Waals surface area contributed by atoms with Crippen molar-refractivity contribution in [2.24, 2.45) is 0 Å². The Labute approximate surface area is 132 Å². The van der Waals surface area contributed by atoms with Gasteiger partial charge in [0.05, 0.1) is 12.7 Å². The van der Waals surface area contributed by atoms with Gasteiger partial charge in [-0.25, -0.2) is 0 Å². The minimum Gasteiger partial charge on any atom is -0.381 e. The van der Waals surface area contributed by atoms with Gasteiger partial charge in [0.15, 0.2) is 0 Å². The minimum atomic E-state index is 0.235. The maximum Gasteiger partial charge on any atom is 0.0952 e. The van der Waals surface area contributed by atoms with E-state index in [4.69, 9.17) is 9.47 Å². The van der Waals surface area contributed by atoms with E-state index in [1.54, 1.807) is 0 Å². The fourth-order valence-corrected chi connectivity index (χ4v) is 4.06. The maximum atomic E-state index is 6.13. The lowest BCUT2D eigenvalue weighted by molar-refractivity contribution is -0.0502. The van der Waals surface area contributed by atoms with Crippen LogP contribution in [0.3, 0.4) is 0 Å². The first-order chi connectivity index (χ1) is 10.9. The molecule has 1 aromatic rings. The van der Waals surface area contributed by atoms with Crippen molar-refractivity contribution >= 4 is 0 Å². The number of benzene rings is 1. The van der Waals surface area contributed by atoms with Crippen LogP contribution < -0.4 is 5.32 Å². The Bertz CT molecular complexity index is 475. The molecule has 120 valence electrons. The number of ether oxygens (including phenoxy) is 2. The third kappa shape index (κ3) is 3.20. The van der Waals surface area contributed by atoms with Crippen molar-refractivity contribution in [3.05, 3.63) is 35.9 Å². The molecule has 1 aromatic carbocycles. The SMILES string of the molecule is c1ccc([C@H]2CN3C[C@@H](NC4CCOCC4)C[C@H]3CO2)cc1. The molecule has 0 spiro atoms. The molecule has 3 aliphatic rings. The molecule has 3 saturated heterocycles. The minimum absolute atomic E-state index is 0.235. The van der Waals surface area contributed by atoms with Crippen LogP contribution in [0.15, 0.2) is 30.3 Å². The Hall–Kier alpha value is -0.940. The monoisotopic (exact) mass is 302 g/mol. The van der Waals surface area contributed by atoms with E-state index >= 15 is 0 Å². The summed E-state index contributed by atoms with van der Waals surface area (Å²) in [6.07, 6.45) is 3.77. The molecule has 3 aliphatic heterocycles. The Kier molecular flexibility index (Phi) is 4.44. The van der Waals surface area contributed by atoms with Crippen molar-refractivity contribution in [3.63, 3.8) is 0 Å². The number of rotatable bonds is 3. The van der Waals surface area contributed by atoms with Gasteiger partial charge in [0.2, 0.25) is 0 Å². The van der Waals surface area contributed by atoms with Crippen molar-refractivity contribution in [1.82, 2.24) is 10.2 Å². The van der Waals surface area contributed by atoms with E-state index in [2.05, 4.69) is 40.5 Å². The summed E-state index contributed by atoms with van der Waals surface area (Å²) in [5.41, 5.74) is 1.31. The molecule has 0 unspecified atom stereocenters. The zero-order chi connectivity index (χ0) is 14.8. The lowest BCUT2D eigenvalue weighted by Crippen LogP contribution is -2.44. The normalized spacial score (nSPS) is 33.7. The van der Waals surface area contributed by atoms with Crippen LogP contribution in [0.4, 0.5) is 0 Å². The highest BCUT2D eigenvalue weighted by Gasteiger charge is 2.38. The summed E-state index contributed by atoms with van der Waals surface area (Å²) in [5.74, 6) is 0. The molecule has 1 N–H and O–H groups in total. The summed E-state index contributed by atoms with van der Waals surface area (Å²) in [4.78, 5) is 2.62. The molecular formula is C18H26N2O2. The molecule has 3 atom stereocenters. The lowest BCUT2D eigenvalue weighted by atomic mass is 10.1. The van der Waals surface area contributed by atoms with E-state index in [1.807, 2.05) is 0 Å². The molecule has 4 nitrogen and oxygen atoms in total. The number of fused-ring (bicyclic) bond motifs is 1. The quantitative estimate of drug-likeness (QED) is 0.925. The average molecular weight is 302 g/mol. The van der Waals surface area contributed by atoms with Gasteiger partial charge in [-0.3, -0.25) is 4.90 Å². The van der Waals surface area contributed by atoms with Crippen LogP contribution in [0, 0.1) is 0 Å². The molecule has 4 rings (SSSR count). The van der Waals surface area contributed by atoms with E-state index < -0.39 is 0 Å². The van der Waals surface area contributed by atoms with Gasteiger partial charge in [-0.15, -0.1) is 0 Å². The number of hydrogen-bond donors (Lipinski definition) is 1. The Morgan fingerprint density at radius 2 is 1.82 bits per heavy atom. The first-order valence-electron chi connectivity index (χ1n) is 8.63. The molecule has 0 radical (unpaired) electrons. The summed E-state index contributed by atoms with van der Waals surface area (Å²) in [5, 5.41) is 3.85. The lowest BCUT2D eigenvalue weighted by Gasteiger charge is -2.35. The largest absolute Gasteiger partial charge is 0.381 e. The molecule has 0 aliphatic carbocycles. The second kappa shape index (κ2) is 6.67. The van der Waals surface area contributed by atoms with Crippen molar-refractivity contribution in [3.8, 4) is 0 Å². The highest BCUT2D eigenvalue weighted by molar-refractivity contribution is 5.18. The second-order valence-electron chi connectivity index (χ2n) is 6.83. The summed E-state index contributed by atoms with van der Waals surface area (Å²) >= 11 is 0. The number of nitrogens with zero attached hydrogens (tertiary/aromatic N) is 1. The van der Waals surface area contributed by atoms with Crippen LogP contribution in [-0.4, -0.2) is 55.9 Å². The number of hydrogen-bond acceptors (Lipinski definition) is 4. The van der Waals surface area contributed by atoms with E-state index in [9.17, 15) is 0 Å². The average Bonchev–Trinajstić information content (AvgIpc) is 2.98. The van der Waals surface area contributed by atoms with Crippen molar-refractivity contribution in [1.29, 1.82) is 0 Å². The van der Waals surface area contributed by atoms with E-state index in [0.29, 0.717) is 18.1 Å². The highest BCUT2D eigenvalue weighted by atomic mass is 16.5. The molecular weight excluding hydrogens is 276 g/mol. The fourth-order valence-electron chi connectivity index (χ4n) is 4.06. The topological polar surface area (TPSA) is 33.7 Å². The summed E-state index contributed by atoms with van der Waals surface area (Å²) in [6.45, 7) is 4.88. The third-order valence-corrected chi connectivity index (χ3v) is 5.28. The highest BCUT2D eigenvalue weighted by Crippen LogP contribution is 2.30. The van der Waals surface area contributed by atoms with Gasteiger partial charge < -0.3 is 14.8 Å². The Morgan fingerprint density at radius 1 is 1.00 bits per heavy atom. The van der Waals surface area contributed by atoms with E-state index in [-0.39, 0.29) is 6.10 Å². The zero-order valence-electron chi connectivity index (χ0n) is 13.1. The molecule has 0 saturated carbocycles. The predicted octanol–water partition coefficient (Wildman–Crippen LogP) is 1.97. The number of nitrogens with one attached hydrogen (secondary N) is 1. The van der Waals surface area contributed by atoms with Gasteiger partial charge in [0.1, 0.15) is 0 Å². The fraction of sp³-hybridized carbons (Fsp3) is 0.667. The molecule has 4 heteroatoms. The third-order valence-electron chi connectivity index (χ3n) is 5.28. The van der Waals surface area contributed by atoms with Gasteiger partial charge >= 0.3 is 0 Å². The zero-order valence-corrected chi connectivity index (χ0v) is 13.1. The van der Waals surface area contributed by atoms with Gasteiger partial charge in [0.25, 0.3) is 0 Å². The van der Waals surface area contributed by atoms with Crippen LogP contribution in [0.25, 0.3) is 0 Å². The molecule has 0 aromatic heterocycles. The van der Waals surface area contributed by atoms with E-state index in [1.165, 1.54) is 12.0 Å². The van der Waals surface area contributed by atoms with Crippen LogP contribution in [-0.2, 0) is 9.47 Å². The summed E-state index contributed by atoms with van der Waals surface area (Å²) in [7, 11) is 0. The Morgan fingerprint density at radius 3 is 2.64 bits per heavy atom. The second-order valence-corrected chi connectivity index (χ2v) is 6.83. The van der Waals surface area contributed by atoms with Gasteiger partial charge in [-0.1, -0.05) is 30.3 Å². The van der Waals surface area contributed by atoms with Gasteiger partial charge in [-0.2, -0.15) is 0 Å². The van der Waals surface area contributed by atoms with Crippen LogP contribution >= 0.6 is 0 Å². The molecule has 3 heterocycles. The van der Waals surface area contributed by atoms with Crippen molar-refractivity contribution in [2.45, 2.75) is 43.5 Å². The molecule has 3 fully saturated rings. The molecule has 0 bridgehead atoms. The van der Waals surface area contributed by atoms with Gasteiger partial charge in [0, 0.05) is 44.4 Å². The predicted molar refractivity (Wildman–Crippen MR) is 85.9 cm³/mol.